The number of benzene rings is 1. The topological polar surface area (TPSA) is 35.2 Å². The predicted molar refractivity (Wildman–Crippen MR) is 77.8 cm³/mol. The van der Waals surface area contributed by atoms with E-state index >= 15 is 0 Å². The minimum Gasteiger partial charge on any atom is -0.494 e. The lowest BCUT2D eigenvalue weighted by atomic mass is 9.88. The largest absolute Gasteiger partial charge is 0.494 e. The van der Waals surface area contributed by atoms with Crippen molar-refractivity contribution in [3.05, 3.63) is 29.8 Å². The van der Waals surface area contributed by atoms with Gasteiger partial charge in [0.1, 0.15) is 5.75 Å². The summed E-state index contributed by atoms with van der Waals surface area (Å²) < 4.78 is 5.43. The zero-order valence-corrected chi connectivity index (χ0v) is 12.2. The van der Waals surface area contributed by atoms with Crippen LogP contribution >= 0.6 is 0 Å². The van der Waals surface area contributed by atoms with Gasteiger partial charge in [-0.25, -0.2) is 0 Å². The van der Waals surface area contributed by atoms with Gasteiger partial charge in [0, 0.05) is 6.04 Å². The maximum atomic E-state index is 6.21. The second-order valence-corrected chi connectivity index (χ2v) is 6.06. The summed E-state index contributed by atoms with van der Waals surface area (Å²) in [5.41, 5.74) is 7.81. The first-order chi connectivity index (χ1) is 8.42. The fraction of sp³-hybridized carbons (Fsp3) is 0.625. The third kappa shape index (κ3) is 5.54. The van der Waals surface area contributed by atoms with Gasteiger partial charge in [0.2, 0.25) is 0 Å². The lowest BCUT2D eigenvalue weighted by molar-refractivity contribution is 0.340. The van der Waals surface area contributed by atoms with Crippen molar-refractivity contribution in [1.29, 1.82) is 0 Å². The first kappa shape index (κ1) is 15.0. The Bertz CT molecular complexity index is 337. The van der Waals surface area contributed by atoms with Gasteiger partial charge in [0.05, 0.1) is 6.61 Å². The van der Waals surface area contributed by atoms with Gasteiger partial charge in [-0.3, -0.25) is 0 Å². The normalized spacial score (nSPS) is 13.4. The highest BCUT2D eigenvalue weighted by atomic mass is 16.5. The first-order valence-corrected chi connectivity index (χ1v) is 6.91. The second-order valence-electron chi connectivity index (χ2n) is 6.06. The summed E-state index contributed by atoms with van der Waals surface area (Å²) in [5.74, 6) is 0.920. The molecule has 0 spiro atoms. The minimum absolute atomic E-state index is 0.142. The number of rotatable bonds is 6. The van der Waals surface area contributed by atoms with Crippen molar-refractivity contribution in [3.63, 3.8) is 0 Å². The summed E-state index contributed by atoms with van der Waals surface area (Å²) >= 11 is 0. The third-order valence-corrected chi connectivity index (χ3v) is 3.06. The molecule has 1 rings (SSSR count). The van der Waals surface area contributed by atoms with Gasteiger partial charge < -0.3 is 10.5 Å². The Morgan fingerprint density at radius 3 is 2.28 bits per heavy atom. The lowest BCUT2D eigenvalue weighted by Gasteiger charge is -2.19. The van der Waals surface area contributed by atoms with Gasteiger partial charge in [-0.2, -0.15) is 0 Å². The highest BCUT2D eigenvalue weighted by molar-refractivity contribution is 5.28. The monoisotopic (exact) mass is 249 g/mol. The van der Waals surface area contributed by atoms with Crippen LogP contribution in [-0.2, 0) is 0 Å². The number of hydrogen-bond donors (Lipinski definition) is 1. The molecule has 0 radical (unpaired) electrons. The highest BCUT2D eigenvalue weighted by Gasteiger charge is 2.12. The van der Waals surface area contributed by atoms with Crippen molar-refractivity contribution in [2.45, 2.75) is 53.0 Å². The van der Waals surface area contributed by atoms with Gasteiger partial charge >= 0.3 is 0 Å². The molecule has 0 saturated carbocycles. The lowest BCUT2D eigenvalue weighted by Crippen LogP contribution is -2.12. The Labute approximate surface area is 112 Å². The smallest absolute Gasteiger partial charge is 0.119 e. The third-order valence-electron chi connectivity index (χ3n) is 3.06. The number of nitrogens with two attached hydrogens (primary N) is 1. The standard InChI is InChI=1S/C16H27NO/c1-5-18-14-10-8-13(9-11-14)15(17)7-6-12-16(2,3)4/h8-11,15H,5-7,12,17H2,1-4H3. The Hall–Kier alpha value is -1.02. The molecule has 1 unspecified atom stereocenters. The van der Waals surface area contributed by atoms with Crippen molar-refractivity contribution in [2.24, 2.45) is 11.1 Å². The van der Waals surface area contributed by atoms with E-state index in [0.717, 1.165) is 12.2 Å². The molecule has 2 nitrogen and oxygen atoms in total. The van der Waals surface area contributed by atoms with Gasteiger partial charge in [-0.1, -0.05) is 39.3 Å². The Balaban J connectivity index is 2.43. The summed E-state index contributed by atoms with van der Waals surface area (Å²) in [7, 11) is 0. The van der Waals surface area contributed by atoms with E-state index in [2.05, 4.69) is 32.9 Å². The van der Waals surface area contributed by atoms with Crippen LogP contribution in [0.5, 0.6) is 5.75 Å². The Kier molecular flexibility index (Phi) is 5.67. The van der Waals surface area contributed by atoms with Crippen LogP contribution in [0.15, 0.2) is 24.3 Å². The molecule has 0 bridgehead atoms. The van der Waals surface area contributed by atoms with Gasteiger partial charge in [0.15, 0.2) is 0 Å². The average Bonchev–Trinajstić information content (AvgIpc) is 2.28. The molecule has 2 heteroatoms. The van der Waals surface area contributed by atoms with Gasteiger partial charge in [0.25, 0.3) is 0 Å². The predicted octanol–water partition coefficient (Wildman–Crippen LogP) is 4.30. The van der Waals surface area contributed by atoms with Crippen LogP contribution < -0.4 is 10.5 Å². The second kappa shape index (κ2) is 6.79. The number of ether oxygens (including phenoxy) is 1. The molecular weight excluding hydrogens is 222 g/mol. The molecule has 18 heavy (non-hydrogen) atoms. The molecule has 0 heterocycles. The molecule has 0 aliphatic rings. The fourth-order valence-corrected chi connectivity index (χ4v) is 2.00. The van der Waals surface area contributed by atoms with Crippen LogP contribution in [0.2, 0.25) is 0 Å². The quantitative estimate of drug-likeness (QED) is 0.815. The van der Waals surface area contributed by atoms with Crippen molar-refractivity contribution in [3.8, 4) is 5.75 Å². The first-order valence-electron chi connectivity index (χ1n) is 6.91. The highest BCUT2D eigenvalue weighted by Crippen LogP contribution is 2.25. The van der Waals surface area contributed by atoms with E-state index in [-0.39, 0.29) is 6.04 Å². The summed E-state index contributed by atoms with van der Waals surface area (Å²) in [6, 6.07) is 8.30. The molecule has 102 valence electrons. The van der Waals surface area contributed by atoms with Crippen molar-refractivity contribution < 1.29 is 4.74 Å². The molecule has 1 atom stereocenters. The summed E-state index contributed by atoms with van der Waals surface area (Å²) in [5, 5.41) is 0. The van der Waals surface area contributed by atoms with Crippen LogP contribution in [0.3, 0.4) is 0 Å². The van der Waals surface area contributed by atoms with E-state index in [1.165, 1.54) is 18.4 Å². The molecule has 0 fully saturated rings. The Morgan fingerprint density at radius 2 is 1.78 bits per heavy atom. The van der Waals surface area contributed by atoms with Gasteiger partial charge in [-0.15, -0.1) is 0 Å². The molecule has 0 aliphatic heterocycles. The van der Waals surface area contributed by atoms with Crippen LogP contribution in [-0.4, -0.2) is 6.61 Å². The zero-order chi connectivity index (χ0) is 13.6. The molecule has 2 N–H and O–H groups in total. The maximum Gasteiger partial charge on any atom is 0.119 e. The molecule has 0 aromatic heterocycles. The SMILES string of the molecule is CCOc1ccc(C(N)CCCC(C)(C)C)cc1. The molecular formula is C16H27NO. The maximum absolute atomic E-state index is 6.21. The van der Waals surface area contributed by atoms with E-state index < -0.39 is 0 Å². The Morgan fingerprint density at radius 1 is 1.17 bits per heavy atom. The zero-order valence-electron chi connectivity index (χ0n) is 12.2. The van der Waals surface area contributed by atoms with Crippen molar-refractivity contribution in [1.82, 2.24) is 0 Å². The summed E-state index contributed by atoms with van der Waals surface area (Å²) in [6.45, 7) is 9.52. The molecule has 0 saturated heterocycles. The van der Waals surface area contributed by atoms with Crippen LogP contribution in [0, 0.1) is 5.41 Å². The van der Waals surface area contributed by atoms with Gasteiger partial charge in [-0.05, 0) is 42.9 Å². The molecule has 0 amide bonds. The van der Waals surface area contributed by atoms with E-state index in [4.69, 9.17) is 10.5 Å². The van der Waals surface area contributed by atoms with Crippen LogP contribution in [0.25, 0.3) is 0 Å². The summed E-state index contributed by atoms with van der Waals surface area (Å²) in [4.78, 5) is 0. The minimum atomic E-state index is 0.142. The fourth-order valence-electron chi connectivity index (χ4n) is 2.00. The van der Waals surface area contributed by atoms with E-state index in [1.54, 1.807) is 0 Å². The van der Waals surface area contributed by atoms with Crippen LogP contribution in [0.1, 0.15) is 58.6 Å². The molecule has 1 aromatic rings. The summed E-state index contributed by atoms with van der Waals surface area (Å²) in [6.07, 6.45) is 3.45. The molecule has 0 aliphatic carbocycles. The van der Waals surface area contributed by atoms with E-state index in [1.807, 2.05) is 19.1 Å². The van der Waals surface area contributed by atoms with Crippen molar-refractivity contribution >= 4 is 0 Å². The van der Waals surface area contributed by atoms with E-state index in [0.29, 0.717) is 12.0 Å². The van der Waals surface area contributed by atoms with Crippen LogP contribution in [0.4, 0.5) is 0 Å². The molecule has 1 aromatic carbocycles. The average molecular weight is 249 g/mol. The van der Waals surface area contributed by atoms with Crippen molar-refractivity contribution in [2.75, 3.05) is 6.61 Å². The number of hydrogen-bond acceptors (Lipinski definition) is 2. The van der Waals surface area contributed by atoms with E-state index in [9.17, 15) is 0 Å².